The maximum absolute atomic E-state index is 5.40. The van der Waals surface area contributed by atoms with E-state index in [2.05, 4.69) is 10.5 Å². The number of ether oxygens (including phenoxy) is 3. The Morgan fingerprint density at radius 1 is 0.864 bits per heavy atom. The topological polar surface area (TPSA) is 52.1 Å². The predicted octanol–water partition coefficient (Wildman–Crippen LogP) is 3.47. The van der Waals surface area contributed by atoms with E-state index >= 15 is 0 Å². The molecule has 2 aromatic rings. The van der Waals surface area contributed by atoms with Crippen LogP contribution >= 0.6 is 0 Å². The Morgan fingerprint density at radius 2 is 1.55 bits per heavy atom. The van der Waals surface area contributed by atoms with Gasteiger partial charge >= 0.3 is 0 Å². The van der Waals surface area contributed by atoms with E-state index in [1.165, 1.54) is 5.56 Å². The van der Waals surface area contributed by atoms with Crippen LogP contribution in [-0.2, 0) is 0 Å². The number of nitrogens with zero attached hydrogens (tertiary/aromatic N) is 1. The van der Waals surface area contributed by atoms with Crippen molar-refractivity contribution in [1.29, 1.82) is 0 Å². The van der Waals surface area contributed by atoms with Gasteiger partial charge in [0.25, 0.3) is 0 Å². The van der Waals surface area contributed by atoms with Crippen LogP contribution in [0.4, 0.5) is 5.69 Å². The molecule has 0 saturated heterocycles. The molecule has 0 aliphatic rings. The van der Waals surface area contributed by atoms with E-state index in [1.807, 2.05) is 43.3 Å². The number of rotatable bonds is 6. The standard InChI is InChI=1S/C17H20N2O3/c1-12-5-8-14(9-6-12)19-18-11-13-7-10-15(20-2)17(22-4)16(13)21-3/h5-11,19H,1-4H3/b18-11-. The van der Waals surface area contributed by atoms with Crippen molar-refractivity contribution in [2.45, 2.75) is 6.92 Å². The molecule has 0 radical (unpaired) electrons. The smallest absolute Gasteiger partial charge is 0.203 e. The van der Waals surface area contributed by atoms with Crippen molar-refractivity contribution in [2.75, 3.05) is 26.8 Å². The van der Waals surface area contributed by atoms with E-state index in [0.717, 1.165) is 11.3 Å². The predicted molar refractivity (Wildman–Crippen MR) is 88.5 cm³/mol. The first-order valence-corrected chi connectivity index (χ1v) is 6.84. The first-order valence-electron chi connectivity index (χ1n) is 6.84. The van der Waals surface area contributed by atoms with E-state index < -0.39 is 0 Å². The summed E-state index contributed by atoms with van der Waals surface area (Å²) >= 11 is 0. The minimum absolute atomic E-state index is 0.546. The van der Waals surface area contributed by atoms with Crippen molar-refractivity contribution in [1.82, 2.24) is 0 Å². The number of methoxy groups -OCH3 is 3. The molecule has 0 fully saturated rings. The third-order valence-corrected chi connectivity index (χ3v) is 3.18. The second kappa shape index (κ2) is 7.36. The molecule has 2 aromatic carbocycles. The van der Waals surface area contributed by atoms with Gasteiger partial charge in [0.05, 0.1) is 33.2 Å². The molecule has 5 heteroatoms. The number of aryl methyl sites for hydroxylation is 1. The third-order valence-electron chi connectivity index (χ3n) is 3.18. The number of hydrogen-bond acceptors (Lipinski definition) is 5. The van der Waals surface area contributed by atoms with E-state index in [-0.39, 0.29) is 0 Å². The van der Waals surface area contributed by atoms with Gasteiger partial charge in [0.15, 0.2) is 11.5 Å². The van der Waals surface area contributed by atoms with Crippen molar-refractivity contribution in [2.24, 2.45) is 5.10 Å². The number of nitrogens with one attached hydrogen (secondary N) is 1. The highest BCUT2D eigenvalue weighted by Gasteiger charge is 2.14. The zero-order valence-corrected chi connectivity index (χ0v) is 13.2. The minimum atomic E-state index is 0.546. The second-order valence-electron chi connectivity index (χ2n) is 4.66. The summed E-state index contributed by atoms with van der Waals surface area (Å²) in [5.74, 6) is 1.74. The molecule has 5 nitrogen and oxygen atoms in total. The molecule has 0 bridgehead atoms. The Bertz CT molecular complexity index is 652. The first kappa shape index (κ1) is 15.7. The molecule has 0 spiro atoms. The number of anilines is 1. The van der Waals surface area contributed by atoms with Crippen molar-refractivity contribution < 1.29 is 14.2 Å². The Balaban J connectivity index is 2.21. The van der Waals surface area contributed by atoms with Gasteiger partial charge in [-0.15, -0.1) is 0 Å². The average molecular weight is 300 g/mol. The van der Waals surface area contributed by atoms with Crippen LogP contribution in [0.25, 0.3) is 0 Å². The van der Waals surface area contributed by atoms with Crippen molar-refractivity contribution in [3.8, 4) is 17.2 Å². The lowest BCUT2D eigenvalue weighted by molar-refractivity contribution is 0.324. The molecule has 116 valence electrons. The highest BCUT2D eigenvalue weighted by atomic mass is 16.5. The zero-order valence-electron chi connectivity index (χ0n) is 13.2. The van der Waals surface area contributed by atoms with Crippen LogP contribution in [0, 0.1) is 6.92 Å². The molecule has 0 aliphatic carbocycles. The van der Waals surface area contributed by atoms with Crippen molar-refractivity contribution >= 4 is 11.9 Å². The monoisotopic (exact) mass is 300 g/mol. The van der Waals surface area contributed by atoms with Gasteiger partial charge in [-0.2, -0.15) is 5.10 Å². The molecule has 1 N–H and O–H groups in total. The van der Waals surface area contributed by atoms with E-state index in [9.17, 15) is 0 Å². The Morgan fingerprint density at radius 3 is 2.14 bits per heavy atom. The van der Waals surface area contributed by atoms with Gasteiger partial charge in [0.2, 0.25) is 5.75 Å². The lowest BCUT2D eigenvalue weighted by Gasteiger charge is -2.13. The fourth-order valence-electron chi connectivity index (χ4n) is 2.03. The SMILES string of the molecule is COc1ccc(/C=N\Nc2ccc(C)cc2)c(OC)c1OC. The van der Waals surface area contributed by atoms with Crippen LogP contribution < -0.4 is 19.6 Å². The lowest BCUT2D eigenvalue weighted by atomic mass is 10.2. The molecule has 0 aromatic heterocycles. The van der Waals surface area contributed by atoms with Crippen molar-refractivity contribution in [3.63, 3.8) is 0 Å². The Labute approximate surface area is 130 Å². The van der Waals surface area contributed by atoms with Gasteiger partial charge in [-0.25, -0.2) is 0 Å². The molecule has 0 saturated carbocycles. The van der Waals surface area contributed by atoms with E-state index in [4.69, 9.17) is 14.2 Å². The van der Waals surface area contributed by atoms with Crippen LogP contribution in [-0.4, -0.2) is 27.5 Å². The van der Waals surface area contributed by atoms with Gasteiger partial charge in [-0.05, 0) is 31.2 Å². The highest BCUT2D eigenvalue weighted by molar-refractivity contribution is 5.86. The number of hydrazone groups is 1. The third kappa shape index (κ3) is 3.49. The molecule has 22 heavy (non-hydrogen) atoms. The van der Waals surface area contributed by atoms with Gasteiger partial charge in [-0.1, -0.05) is 17.7 Å². The summed E-state index contributed by atoms with van der Waals surface area (Å²) in [7, 11) is 4.75. The summed E-state index contributed by atoms with van der Waals surface area (Å²) < 4.78 is 16.0. The van der Waals surface area contributed by atoms with Crippen LogP contribution in [0.15, 0.2) is 41.5 Å². The van der Waals surface area contributed by atoms with Crippen LogP contribution in [0.2, 0.25) is 0 Å². The van der Waals surface area contributed by atoms with Crippen LogP contribution in [0.1, 0.15) is 11.1 Å². The molecule has 0 atom stereocenters. The summed E-state index contributed by atoms with van der Waals surface area (Å²) in [6.45, 7) is 2.04. The van der Waals surface area contributed by atoms with Crippen LogP contribution in [0.3, 0.4) is 0 Å². The molecule has 0 heterocycles. The van der Waals surface area contributed by atoms with E-state index in [0.29, 0.717) is 17.2 Å². The molecule has 0 amide bonds. The fourth-order valence-corrected chi connectivity index (χ4v) is 2.03. The summed E-state index contributed by atoms with van der Waals surface area (Å²) in [5, 5.41) is 4.23. The Hall–Kier alpha value is -2.69. The summed E-state index contributed by atoms with van der Waals surface area (Å²) in [4.78, 5) is 0. The average Bonchev–Trinajstić information content (AvgIpc) is 2.55. The largest absolute Gasteiger partial charge is 0.493 e. The van der Waals surface area contributed by atoms with Gasteiger partial charge in [0, 0.05) is 5.56 Å². The van der Waals surface area contributed by atoms with Crippen molar-refractivity contribution in [3.05, 3.63) is 47.5 Å². The lowest BCUT2D eigenvalue weighted by Crippen LogP contribution is -1.99. The van der Waals surface area contributed by atoms with Gasteiger partial charge in [0.1, 0.15) is 0 Å². The van der Waals surface area contributed by atoms with Crippen LogP contribution in [0.5, 0.6) is 17.2 Å². The minimum Gasteiger partial charge on any atom is -0.493 e. The van der Waals surface area contributed by atoms with Gasteiger partial charge < -0.3 is 14.2 Å². The number of benzene rings is 2. The van der Waals surface area contributed by atoms with Gasteiger partial charge in [-0.3, -0.25) is 5.43 Å². The quantitative estimate of drug-likeness (QED) is 0.655. The second-order valence-corrected chi connectivity index (χ2v) is 4.66. The maximum Gasteiger partial charge on any atom is 0.203 e. The first-order chi connectivity index (χ1) is 10.7. The molecule has 0 aliphatic heterocycles. The summed E-state index contributed by atoms with van der Waals surface area (Å²) in [6.07, 6.45) is 1.68. The highest BCUT2D eigenvalue weighted by Crippen LogP contribution is 2.38. The normalized spacial score (nSPS) is 10.5. The molecule has 0 unspecified atom stereocenters. The Kier molecular flexibility index (Phi) is 5.25. The molecule has 2 rings (SSSR count). The molecular formula is C17H20N2O3. The summed E-state index contributed by atoms with van der Waals surface area (Å²) in [6, 6.07) is 11.7. The molecular weight excluding hydrogens is 280 g/mol. The zero-order chi connectivity index (χ0) is 15.9. The number of hydrogen-bond donors (Lipinski definition) is 1. The maximum atomic E-state index is 5.40. The fraction of sp³-hybridized carbons (Fsp3) is 0.235. The summed E-state index contributed by atoms with van der Waals surface area (Å²) in [5.41, 5.74) is 5.89. The van der Waals surface area contributed by atoms with E-state index in [1.54, 1.807) is 27.5 Å².